The molecule has 2 rings (SSSR count). The number of fused-ring (bicyclic) bond motifs is 1. The Morgan fingerprint density at radius 3 is 2.75 bits per heavy atom. The fourth-order valence-electron chi connectivity index (χ4n) is 2.23. The van der Waals surface area contributed by atoms with Gasteiger partial charge >= 0.3 is 0 Å². The number of rotatable bonds is 3. The molecule has 0 aromatic heterocycles. The van der Waals surface area contributed by atoms with Crippen molar-refractivity contribution in [1.82, 2.24) is 5.32 Å². The van der Waals surface area contributed by atoms with E-state index < -0.39 is 30.3 Å². The lowest BCUT2D eigenvalue weighted by Crippen LogP contribution is -2.34. The van der Waals surface area contributed by atoms with Crippen LogP contribution in [-0.2, 0) is 4.74 Å². The normalized spacial score (nSPS) is 41.5. The lowest BCUT2D eigenvalue weighted by molar-refractivity contribution is -0.00716. The van der Waals surface area contributed by atoms with Crippen LogP contribution >= 0.6 is 0 Å². The molecule has 0 saturated heterocycles. The first-order chi connectivity index (χ1) is 7.69. The molecule has 0 aromatic carbocycles. The Bertz CT molecular complexity index is 284. The molecule has 6 heteroatoms. The Kier molecular flexibility index (Phi) is 3.32. The number of ether oxygens (including phenoxy) is 1. The minimum atomic E-state index is -0.962. The lowest BCUT2D eigenvalue weighted by Gasteiger charge is -2.18. The number of aliphatic imine (C=N–C) groups is 1. The summed E-state index contributed by atoms with van der Waals surface area (Å²) in [6.45, 7) is 2.56. The van der Waals surface area contributed by atoms with E-state index in [2.05, 4.69) is 10.3 Å². The van der Waals surface area contributed by atoms with Crippen LogP contribution in [0.15, 0.2) is 4.99 Å². The van der Waals surface area contributed by atoms with Gasteiger partial charge in [0.25, 0.3) is 6.02 Å². The molecule has 4 N–H and O–H groups in total. The zero-order valence-electron chi connectivity index (χ0n) is 9.21. The average molecular weight is 230 g/mol. The molecule has 0 aromatic rings. The summed E-state index contributed by atoms with van der Waals surface area (Å²) < 4.78 is 5.49. The van der Waals surface area contributed by atoms with Crippen LogP contribution in [-0.4, -0.2) is 58.8 Å². The van der Waals surface area contributed by atoms with Crippen molar-refractivity contribution in [3.63, 3.8) is 0 Å². The summed E-state index contributed by atoms with van der Waals surface area (Å²) in [5.41, 5.74) is 0. The van der Waals surface area contributed by atoms with E-state index in [-0.39, 0.29) is 6.61 Å². The number of nitrogens with one attached hydrogen (secondary N) is 1. The molecular weight excluding hydrogens is 212 g/mol. The van der Waals surface area contributed by atoms with Crippen LogP contribution in [0.5, 0.6) is 0 Å². The lowest BCUT2D eigenvalue weighted by atomic mass is 10.1. The van der Waals surface area contributed by atoms with Crippen molar-refractivity contribution >= 4 is 6.02 Å². The van der Waals surface area contributed by atoms with Crippen LogP contribution in [0.4, 0.5) is 0 Å². The van der Waals surface area contributed by atoms with Gasteiger partial charge in [-0.3, -0.25) is 0 Å². The third-order valence-corrected chi connectivity index (χ3v) is 3.15. The zero-order valence-corrected chi connectivity index (χ0v) is 9.21. The zero-order chi connectivity index (χ0) is 11.7. The van der Waals surface area contributed by atoms with E-state index in [1.165, 1.54) is 0 Å². The van der Waals surface area contributed by atoms with Crippen LogP contribution in [0.25, 0.3) is 0 Å². The van der Waals surface area contributed by atoms with E-state index in [4.69, 9.17) is 9.84 Å². The number of aliphatic hydroxyl groups excluding tert-OH is 3. The van der Waals surface area contributed by atoms with Gasteiger partial charge in [-0.2, -0.15) is 0 Å². The van der Waals surface area contributed by atoms with Crippen LogP contribution < -0.4 is 5.32 Å². The Labute approximate surface area is 94.0 Å². The predicted molar refractivity (Wildman–Crippen MR) is 57.0 cm³/mol. The average Bonchev–Trinajstić information content (AvgIpc) is 2.78. The van der Waals surface area contributed by atoms with Crippen LogP contribution in [0.3, 0.4) is 0 Å². The Morgan fingerprint density at radius 1 is 1.38 bits per heavy atom. The van der Waals surface area contributed by atoms with Gasteiger partial charge in [0, 0.05) is 6.54 Å². The fourth-order valence-corrected chi connectivity index (χ4v) is 2.23. The molecule has 92 valence electrons. The van der Waals surface area contributed by atoms with Crippen LogP contribution in [0.1, 0.15) is 13.3 Å². The molecule has 2 aliphatic rings. The topological polar surface area (TPSA) is 94.3 Å². The number of amidine groups is 1. The molecule has 1 saturated carbocycles. The number of aliphatic hydroxyl groups is 3. The second-order valence-corrected chi connectivity index (χ2v) is 4.26. The minimum Gasteiger partial charge on any atom is -0.459 e. The molecular formula is C10H18N2O4. The number of hydrogen-bond acceptors (Lipinski definition) is 6. The van der Waals surface area contributed by atoms with Gasteiger partial charge in [-0.1, -0.05) is 6.92 Å². The van der Waals surface area contributed by atoms with Gasteiger partial charge in [-0.05, 0) is 6.42 Å². The van der Waals surface area contributed by atoms with Crippen LogP contribution in [0.2, 0.25) is 0 Å². The Balaban J connectivity index is 2.04. The third-order valence-electron chi connectivity index (χ3n) is 3.15. The maximum absolute atomic E-state index is 9.74. The smallest absolute Gasteiger partial charge is 0.285 e. The summed E-state index contributed by atoms with van der Waals surface area (Å²) in [6.07, 6.45) is -1.39. The molecule has 6 nitrogen and oxygen atoms in total. The van der Waals surface area contributed by atoms with Crippen molar-refractivity contribution < 1.29 is 20.1 Å². The quantitative estimate of drug-likeness (QED) is 0.471. The summed E-state index contributed by atoms with van der Waals surface area (Å²) in [4.78, 5) is 4.18. The van der Waals surface area contributed by atoms with Crippen molar-refractivity contribution in [2.75, 3.05) is 13.2 Å². The highest BCUT2D eigenvalue weighted by Crippen LogP contribution is 2.34. The highest BCUT2D eigenvalue weighted by atomic mass is 16.5. The standard InChI is InChI=1S/C10H18N2O4/c1-2-3-11-10-12-6-8(15)7(14)5(4-13)9(6)16-10/h5-9,13-15H,2-4H2,1H3,(H,11,12)/t5-,6-,7-,8-,9+/m1/s1. The third kappa shape index (κ3) is 1.77. The number of nitrogens with zero attached hydrogens (tertiary/aromatic N) is 1. The Morgan fingerprint density at radius 2 is 2.12 bits per heavy atom. The van der Waals surface area contributed by atoms with Gasteiger partial charge in [-0.25, -0.2) is 4.99 Å². The van der Waals surface area contributed by atoms with E-state index in [1.807, 2.05) is 6.92 Å². The fraction of sp³-hybridized carbons (Fsp3) is 0.900. The van der Waals surface area contributed by atoms with Crippen molar-refractivity contribution in [2.24, 2.45) is 10.9 Å². The maximum atomic E-state index is 9.74. The number of hydrogen-bond donors (Lipinski definition) is 4. The highest BCUT2D eigenvalue weighted by Gasteiger charge is 2.54. The molecule has 0 unspecified atom stereocenters. The van der Waals surface area contributed by atoms with Gasteiger partial charge in [-0.15, -0.1) is 0 Å². The summed E-state index contributed by atoms with van der Waals surface area (Å²) in [7, 11) is 0. The molecule has 1 aliphatic heterocycles. The molecule has 0 bridgehead atoms. The molecule has 1 heterocycles. The first kappa shape index (κ1) is 11.6. The van der Waals surface area contributed by atoms with Crippen molar-refractivity contribution in [3.05, 3.63) is 0 Å². The second-order valence-electron chi connectivity index (χ2n) is 4.26. The van der Waals surface area contributed by atoms with Gasteiger partial charge in [0.1, 0.15) is 18.2 Å². The summed E-state index contributed by atoms with van der Waals surface area (Å²) >= 11 is 0. The van der Waals surface area contributed by atoms with Crippen molar-refractivity contribution in [1.29, 1.82) is 0 Å². The highest BCUT2D eigenvalue weighted by molar-refractivity contribution is 5.76. The van der Waals surface area contributed by atoms with Crippen molar-refractivity contribution in [2.45, 2.75) is 37.7 Å². The molecule has 1 fully saturated rings. The van der Waals surface area contributed by atoms with E-state index in [1.54, 1.807) is 0 Å². The largest absolute Gasteiger partial charge is 0.459 e. The van der Waals surface area contributed by atoms with Crippen LogP contribution in [0, 0.1) is 5.92 Å². The molecule has 5 atom stereocenters. The molecule has 0 amide bonds. The van der Waals surface area contributed by atoms with Gasteiger partial charge in [0.2, 0.25) is 0 Å². The SMILES string of the molecule is CCCNC1=N[C@@H]2[C@@H](O)[C@H](O)[C@@H](CO)[C@@H]2O1. The molecule has 16 heavy (non-hydrogen) atoms. The van der Waals surface area contributed by atoms with Gasteiger partial charge in [0.05, 0.1) is 18.6 Å². The van der Waals surface area contributed by atoms with E-state index >= 15 is 0 Å². The molecule has 0 spiro atoms. The van der Waals surface area contributed by atoms with E-state index in [9.17, 15) is 10.2 Å². The van der Waals surface area contributed by atoms with Gasteiger partial charge < -0.3 is 25.4 Å². The first-order valence-electron chi connectivity index (χ1n) is 5.64. The summed E-state index contributed by atoms with van der Waals surface area (Å²) in [6, 6.07) is -0.0623. The van der Waals surface area contributed by atoms with E-state index in [0.717, 1.165) is 13.0 Å². The monoisotopic (exact) mass is 230 g/mol. The first-order valence-corrected chi connectivity index (χ1v) is 5.64. The van der Waals surface area contributed by atoms with Gasteiger partial charge in [0.15, 0.2) is 0 Å². The maximum Gasteiger partial charge on any atom is 0.285 e. The minimum absolute atomic E-state index is 0.212. The predicted octanol–water partition coefficient (Wildman–Crippen LogP) is -1.55. The summed E-state index contributed by atoms with van der Waals surface area (Å²) in [5.74, 6) is -0.468. The van der Waals surface area contributed by atoms with E-state index in [0.29, 0.717) is 6.02 Å². The molecule has 1 aliphatic carbocycles. The second kappa shape index (κ2) is 4.57. The van der Waals surface area contributed by atoms with Crippen molar-refractivity contribution in [3.8, 4) is 0 Å². The molecule has 0 radical (unpaired) electrons. The summed E-state index contributed by atoms with van der Waals surface area (Å²) in [5, 5.41) is 31.5. The Hall–Kier alpha value is -0.850.